The molecule has 11 atom stereocenters. The molecule has 2 bridgehead atoms. The van der Waals surface area contributed by atoms with Gasteiger partial charge in [0.1, 0.15) is 29.5 Å². The van der Waals surface area contributed by atoms with Crippen LogP contribution in [0.1, 0.15) is 90.2 Å². The highest BCUT2D eigenvalue weighted by molar-refractivity contribution is 5.93. The summed E-state index contributed by atoms with van der Waals surface area (Å²) >= 11 is 0. The first-order valence-corrected chi connectivity index (χ1v) is 20.2. The van der Waals surface area contributed by atoms with E-state index in [1.807, 2.05) is 0 Å². The van der Waals surface area contributed by atoms with Gasteiger partial charge in [0.2, 0.25) is 0 Å². The van der Waals surface area contributed by atoms with E-state index in [9.17, 15) is 34.5 Å². The molecule has 0 radical (unpaired) electrons. The molecule has 0 spiro atoms. The topological polar surface area (TPSA) is 213 Å². The molecule has 6 rings (SSSR count). The maximum atomic E-state index is 15.5. The highest BCUT2D eigenvalue weighted by atomic mass is 16.6. The zero-order valence-electron chi connectivity index (χ0n) is 35.6. The first-order valence-electron chi connectivity index (χ1n) is 20.2. The average Bonchev–Trinajstić information content (AvgIpc) is 3.18. The van der Waals surface area contributed by atoms with Gasteiger partial charge in [-0.3, -0.25) is 9.59 Å². The number of esters is 3. The van der Waals surface area contributed by atoms with E-state index >= 15 is 4.79 Å². The number of aliphatic hydroxyl groups excluding tert-OH is 2. The van der Waals surface area contributed by atoms with Gasteiger partial charge in [0.25, 0.3) is 0 Å². The Kier molecular flexibility index (Phi) is 12.2. The number of aliphatic hydroxyl groups is 3. The first-order chi connectivity index (χ1) is 28.1. The molecule has 3 aliphatic carbocycles. The highest BCUT2D eigenvalue weighted by Gasteiger charge is 2.78. The molecule has 326 valence electrons. The van der Waals surface area contributed by atoms with Crippen LogP contribution in [0.25, 0.3) is 0 Å². The minimum absolute atomic E-state index is 0.0951. The molecule has 1 amide bonds. The second kappa shape index (κ2) is 16.3. The van der Waals surface area contributed by atoms with E-state index < -0.39 is 119 Å². The van der Waals surface area contributed by atoms with E-state index in [4.69, 9.17) is 28.4 Å². The fourth-order valence-corrected chi connectivity index (χ4v) is 10.3. The molecule has 1 heterocycles. The van der Waals surface area contributed by atoms with Crippen LogP contribution in [-0.4, -0.2) is 113 Å². The molecule has 1 aliphatic heterocycles. The van der Waals surface area contributed by atoms with E-state index in [1.54, 1.807) is 97.0 Å². The number of hydrogen-bond acceptors (Lipinski definition) is 14. The second-order valence-corrected chi connectivity index (χ2v) is 18.1. The van der Waals surface area contributed by atoms with Crippen LogP contribution in [0.5, 0.6) is 0 Å². The van der Waals surface area contributed by atoms with Crippen LogP contribution in [0.15, 0.2) is 71.8 Å². The molecule has 15 nitrogen and oxygen atoms in total. The van der Waals surface area contributed by atoms with Crippen LogP contribution in [-0.2, 0) is 42.8 Å². The van der Waals surface area contributed by atoms with Crippen molar-refractivity contribution in [3.63, 3.8) is 0 Å². The lowest BCUT2D eigenvalue weighted by Gasteiger charge is -2.68. The predicted octanol–water partition coefficient (Wildman–Crippen LogP) is 4.16. The van der Waals surface area contributed by atoms with Crippen molar-refractivity contribution in [2.75, 3.05) is 20.3 Å². The number of ether oxygens (including phenoxy) is 6. The Morgan fingerprint density at radius 3 is 2.13 bits per heavy atom. The van der Waals surface area contributed by atoms with E-state index in [0.717, 1.165) is 0 Å². The summed E-state index contributed by atoms with van der Waals surface area (Å²) < 4.78 is 36.2. The van der Waals surface area contributed by atoms with Crippen molar-refractivity contribution in [3.05, 3.63) is 82.9 Å². The second-order valence-electron chi connectivity index (χ2n) is 18.1. The Balaban J connectivity index is 1.52. The van der Waals surface area contributed by atoms with E-state index in [0.29, 0.717) is 11.1 Å². The van der Waals surface area contributed by atoms with Gasteiger partial charge in [0.15, 0.2) is 17.5 Å². The first kappa shape index (κ1) is 44.9. The van der Waals surface area contributed by atoms with Gasteiger partial charge in [-0.05, 0) is 63.5 Å². The minimum Gasteiger partial charge on any atom is -0.456 e. The number of rotatable bonds is 10. The molecule has 2 aromatic carbocycles. The highest BCUT2D eigenvalue weighted by Crippen LogP contribution is 2.65. The number of carbonyl (C=O) groups excluding carboxylic acids is 5. The molecule has 4 N–H and O–H groups in total. The average molecular weight is 836 g/mol. The van der Waals surface area contributed by atoms with Gasteiger partial charge in [-0.25, -0.2) is 14.4 Å². The maximum Gasteiger partial charge on any atom is 0.408 e. The summed E-state index contributed by atoms with van der Waals surface area (Å²) in [6.07, 6.45) is -8.12. The lowest BCUT2D eigenvalue weighted by atomic mass is 9.43. The third-order valence-electron chi connectivity index (χ3n) is 13.1. The number of methoxy groups -OCH3 is 1. The van der Waals surface area contributed by atoms with Gasteiger partial charge < -0.3 is 49.1 Å². The Bertz CT molecular complexity index is 2010. The Morgan fingerprint density at radius 2 is 1.60 bits per heavy atom. The van der Waals surface area contributed by atoms with Gasteiger partial charge >= 0.3 is 24.0 Å². The van der Waals surface area contributed by atoms with Crippen molar-refractivity contribution >= 4 is 29.8 Å². The molecule has 0 unspecified atom stereocenters. The van der Waals surface area contributed by atoms with Gasteiger partial charge in [0.05, 0.1) is 48.2 Å². The van der Waals surface area contributed by atoms with Crippen LogP contribution in [0.3, 0.4) is 0 Å². The van der Waals surface area contributed by atoms with Gasteiger partial charge in [-0.2, -0.15) is 0 Å². The molecule has 60 heavy (non-hydrogen) atoms. The van der Waals surface area contributed by atoms with Crippen molar-refractivity contribution < 1.29 is 67.7 Å². The number of benzene rings is 2. The molecule has 1 saturated heterocycles. The molecule has 15 heteroatoms. The number of carbonyl (C=O) groups is 5. The smallest absolute Gasteiger partial charge is 0.408 e. The number of hydrogen-bond donors (Lipinski definition) is 4. The molecule has 3 fully saturated rings. The minimum atomic E-state index is -2.25. The number of amides is 1. The normalized spacial score (nSPS) is 33.0. The van der Waals surface area contributed by atoms with Crippen LogP contribution in [0, 0.1) is 22.7 Å². The van der Waals surface area contributed by atoms with Crippen molar-refractivity contribution in [1.29, 1.82) is 0 Å². The van der Waals surface area contributed by atoms with Gasteiger partial charge in [-0.15, -0.1) is 0 Å². The van der Waals surface area contributed by atoms with Crippen molar-refractivity contribution in [2.24, 2.45) is 22.7 Å². The fraction of sp³-hybridized carbons (Fsp3) is 0.578. The summed E-state index contributed by atoms with van der Waals surface area (Å²) in [5.74, 6) is -5.97. The molecule has 2 aromatic rings. The summed E-state index contributed by atoms with van der Waals surface area (Å²) in [6, 6.07) is 14.9. The van der Waals surface area contributed by atoms with Crippen LogP contribution >= 0.6 is 0 Å². The van der Waals surface area contributed by atoms with Gasteiger partial charge in [-0.1, -0.05) is 62.4 Å². The SMILES string of the molecule is CO[C@H]1C[C@H]2OC[C@@]2(OC(C)=O)[C@H]2[C@H](OC(=O)c3ccccc3)[C@]3(O)C[C@H](OC(=O)[C@H](O)[C@@H](NC(=O)OC(C)(C)C)c4ccccc4)C(C)=C([C@@H](CO)C(=O)[C@]12C)C3(C)C. The van der Waals surface area contributed by atoms with Crippen LogP contribution < -0.4 is 5.32 Å². The number of Topliss-reactive ketones (excluding diaryl/α,β-unsaturated/α-hetero) is 1. The molecule has 4 aliphatic rings. The lowest BCUT2D eigenvalue weighted by Crippen LogP contribution is -2.81. The monoisotopic (exact) mass is 835 g/mol. The molecule has 0 aromatic heterocycles. The zero-order valence-corrected chi connectivity index (χ0v) is 35.6. The Labute approximate surface area is 349 Å². The lowest BCUT2D eigenvalue weighted by molar-refractivity contribution is -0.347. The quantitative estimate of drug-likeness (QED) is 0.150. The summed E-state index contributed by atoms with van der Waals surface area (Å²) in [7, 11) is 1.42. The summed E-state index contributed by atoms with van der Waals surface area (Å²) in [5, 5.41) is 39.2. The third kappa shape index (κ3) is 7.52. The third-order valence-corrected chi connectivity index (χ3v) is 13.1. The largest absolute Gasteiger partial charge is 0.456 e. The summed E-state index contributed by atoms with van der Waals surface area (Å²) in [5.41, 5.74) is -6.95. The number of nitrogens with one attached hydrogen (secondary N) is 1. The molecular weight excluding hydrogens is 778 g/mol. The van der Waals surface area contributed by atoms with E-state index in [1.165, 1.54) is 26.2 Å². The maximum absolute atomic E-state index is 15.5. The van der Waals surface area contributed by atoms with Crippen molar-refractivity contribution in [2.45, 2.75) is 122 Å². The molecule has 2 saturated carbocycles. The summed E-state index contributed by atoms with van der Waals surface area (Å²) in [6.45, 7) is 11.8. The predicted molar refractivity (Wildman–Crippen MR) is 213 cm³/mol. The van der Waals surface area contributed by atoms with E-state index in [2.05, 4.69) is 5.32 Å². The molecular formula is C45H57NO14. The zero-order chi connectivity index (χ0) is 44.2. The number of ketones is 1. The number of fused-ring (bicyclic) bond motifs is 5. The van der Waals surface area contributed by atoms with Gasteiger partial charge in [0, 0.05) is 32.3 Å². The van der Waals surface area contributed by atoms with Crippen molar-refractivity contribution in [1.82, 2.24) is 5.32 Å². The Hall–Kier alpha value is -4.67. The fourth-order valence-electron chi connectivity index (χ4n) is 10.3. The van der Waals surface area contributed by atoms with Crippen LogP contribution in [0.4, 0.5) is 4.79 Å². The van der Waals surface area contributed by atoms with Crippen LogP contribution in [0.2, 0.25) is 0 Å². The van der Waals surface area contributed by atoms with Crippen molar-refractivity contribution in [3.8, 4) is 0 Å². The van der Waals surface area contributed by atoms with E-state index in [-0.39, 0.29) is 24.2 Å². The standard InChI is InChI=1S/C45H57NO14/c1-24-29(57-39(52)34(49)33(26-16-12-10-13-17-26)46-40(53)60-41(3,4)5)21-45(54)37(58-38(51)27-18-14-11-15-19-27)35-43(8,36(50)28(22-47)32(24)42(45,6)7)30(55-9)20-31-44(35,23-56-31)59-25(2)48/h10-19,28-31,33-35,37,47,49,54H,20-23H2,1-9H3,(H,46,53)/t28-,29+,30+,31-,33+,34-,35+,37+,43-,44+,45-/m1/s1. The Morgan fingerprint density at radius 1 is 0.983 bits per heavy atom. The number of alkyl carbamates (subject to hydrolysis) is 1. The summed E-state index contributed by atoms with van der Waals surface area (Å²) in [4.78, 5) is 70.0.